The number of halogens is 8. The van der Waals surface area contributed by atoms with Gasteiger partial charge in [0, 0.05) is 68.6 Å². The Kier molecular flexibility index (Phi) is 374. The first-order chi connectivity index (χ1) is 38.1. The van der Waals surface area contributed by atoms with Gasteiger partial charge in [0.15, 0.2) is 23.3 Å². The molecule has 0 atom stereocenters. The van der Waals surface area contributed by atoms with Crippen LogP contribution in [0.15, 0.2) is 118 Å². The first-order valence-electron chi connectivity index (χ1n) is 21.5. The first kappa shape index (κ1) is 239. The van der Waals surface area contributed by atoms with E-state index in [1.54, 1.807) is 97.1 Å². The number of nitrogens with one attached hydrogen (secondary N) is 4. The second-order valence-corrected chi connectivity index (χ2v) is 12.0. The molecule has 60 heteroatoms. The third-order valence-electron chi connectivity index (χ3n) is 7.78. The molecule has 6 radical (unpaired) electrons. The third kappa shape index (κ3) is 107. The van der Waals surface area contributed by atoms with Gasteiger partial charge in [-0.1, -0.05) is 71.5 Å². The Hall–Kier alpha value is 0.816. The Labute approximate surface area is 902 Å². The molecule has 2 aromatic heterocycles. The molecule has 0 bridgehead atoms. The van der Waals surface area contributed by atoms with Crippen LogP contribution in [-0.4, -0.2) is 179 Å². The van der Waals surface area contributed by atoms with Crippen LogP contribution < -0.4 is 197 Å². The van der Waals surface area contributed by atoms with E-state index in [1.165, 1.54) is 79.8 Å². The average molecular weight is 3030 g/mol. The first-order valence-corrected chi connectivity index (χ1v) is 21.5. The zero-order valence-corrected chi connectivity index (χ0v) is 84.4. The van der Waals surface area contributed by atoms with E-state index >= 15 is 0 Å². The number of aliphatic hydroxyl groups is 6. The van der Waals surface area contributed by atoms with E-state index < -0.39 is 0 Å². The van der Waals surface area contributed by atoms with Gasteiger partial charge in [-0.15, -0.1) is 0 Å². The zero-order valence-electron chi connectivity index (χ0n) is 59.5. The predicted octanol–water partition coefficient (Wildman–Crippen LogP) is -34.3. The number of hydrogen-bond acceptors (Lipinski definition) is 34. The standard InChI is InChI=1S/2C20H20N6O4.2C2H3N.6CH4O.8BrH.6Dy.18H2O/c2*1-29-15-7-3-5-13(19(15)27)10-23-25-17-9-18(22-12-21-17)26-24-11-14-6-4-8-16(30-2)20(14)28;2*1-2-3;6*1-2;;;;;;;;;;;;;;;;;;;;;;;;;;;;;;;;/h2*3-12,27-28H,1-2H3,(H2,21,22,25,26);2*1H3;6*2H,1H3;8*1H;;;;;;;18*1H2/q;;;;;;;;;;;;;;;;;;6*+3;;;;;;;;;;;;;;;;;;/p-6/b2*23-10+,24-11+;;;;;;;;;;;;;;;;;;;;;;;;;;;;;;;;;;;;;;;;. The molecule has 0 saturated heterocycles. The maximum Gasteiger partial charge on any atom is 3.00 e. The number of aromatic nitrogens is 4. The van der Waals surface area contributed by atoms with Crippen molar-refractivity contribution in [2.75, 3.05) is 92.8 Å². The van der Waals surface area contributed by atoms with Gasteiger partial charge in [-0.05, 0) is 46.5 Å². The van der Waals surface area contributed by atoms with Crippen molar-refractivity contribution in [2.24, 2.45) is 20.4 Å². The average Bonchev–Trinajstić information content (AvgIpc) is 3.49. The number of hydrogen-bond donors (Lipinski definition) is 10. The summed E-state index contributed by atoms with van der Waals surface area (Å²) >= 11 is 0. The van der Waals surface area contributed by atoms with Gasteiger partial charge in [-0.25, -0.2) is 19.9 Å². The zero-order chi connectivity index (χ0) is 60.1. The number of benzene rings is 4. The van der Waals surface area contributed by atoms with Crippen molar-refractivity contribution in [1.82, 2.24) is 19.9 Å². The minimum atomic E-state index is -0.264. The van der Waals surface area contributed by atoms with E-state index in [0.29, 0.717) is 45.5 Å². The topological polar surface area (TPSA) is 1020 Å². The van der Waals surface area contributed by atoms with E-state index in [4.69, 9.17) is 60.1 Å². The summed E-state index contributed by atoms with van der Waals surface area (Å²) < 4.78 is 20.0. The van der Waals surface area contributed by atoms with Gasteiger partial charge in [0.25, 0.3) is 0 Å². The second-order valence-electron chi connectivity index (χ2n) is 12.0. The molecule has 2 heterocycles. The molecule has 0 aliphatic rings. The number of aliphatic hydroxyl groups excluding tert-OH is 6. The third-order valence-corrected chi connectivity index (χ3v) is 7.78. The number of methoxy groups -OCH3 is 4. The molecule has 0 spiro atoms. The van der Waals surface area contributed by atoms with Crippen molar-refractivity contribution >= 4 is 48.1 Å². The van der Waals surface area contributed by atoms with Gasteiger partial charge in [0.05, 0.1) is 65.4 Å². The van der Waals surface area contributed by atoms with Gasteiger partial charge in [0.1, 0.15) is 35.7 Å². The normalized spacial score (nSPS) is 6.47. The summed E-state index contributed by atoms with van der Waals surface area (Å²) in [5, 5.41) is 121. The number of hydrazone groups is 4. The maximum absolute atomic E-state index is 12.1. The molecule has 0 fully saturated rings. The van der Waals surface area contributed by atoms with Gasteiger partial charge < -0.3 is 304 Å². The molecule has 4 aromatic carbocycles. The van der Waals surface area contributed by atoms with E-state index in [1.807, 2.05) is 0 Å². The van der Waals surface area contributed by atoms with Crippen LogP contribution in [0, 0.1) is 252 Å². The molecule has 0 unspecified atom stereocenters. The van der Waals surface area contributed by atoms with Crippen LogP contribution in [0.5, 0.6) is 46.0 Å². The van der Waals surface area contributed by atoms with Crippen LogP contribution in [0.3, 0.4) is 0 Å². The van der Waals surface area contributed by atoms with Crippen molar-refractivity contribution in [3.63, 3.8) is 0 Å². The van der Waals surface area contributed by atoms with Gasteiger partial charge in [0.2, 0.25) is 0 Å². The molecule has 6 rings (SSSR count). The van der Waals surface area contributed by atoms with Gasteiger partial charge >= 0.3 is 229 Å². The van der Waals surface area contributed by atoms with Crippen LogP contribution in [0.4, 0.5) is 23.3 Å². The minimum Gasteiger partial charge on any atom is -1.00 e. The fourth-order valence-electron chi connectivity index (χ4n) is 4.81. The van der Waals surface area contributed by atoms with Crippen molar-refractivity contribution in [1.29, 1.82) is 10.5 Å². The minimum absolute atomic E-state index is 0. The fourth-order valence-corrected chi connectivity index (χ4v) is 4.81. The van der Waals surface area contributed by atoms with Crippen molar-refractivity contribution in [3.05, 3.63) is 120 Å². The van der Waals surface area contributed by atoms with Crippen LogP contribution in [0.25, 0.3) is 0 Å². The molecule has 0 amide bonds. The van der Waals surface area contributed by atoms with Crippen LogP contribution in [0.1, 0.15) is 36.1 Å². The molecule has 0 saturated carbocycles. The monoisotopic (exact) mass is 3030 g/mol. The summed E-state index contributed by atoms with van der Waals surface area (Å²) in [4.78, 5) is 16.1. The summed E-state index contributed by atoms with van der Waals surface area (Å²) in [7, 11) is 11.7. The van der Waals surface area contributed by atoms with Gasteiger partial charge in [-0.2, -0.15) is 30.9 Å². The van der Waals surface area contributed by atoms with E-state index in [-0.39, 0.29) is 509 Å². The summed E-state index contributed by atoms with van der Waals surface area (Å²) in [5.74, 6) is 1.40. The number of nitriles is 2. The Morgan fingerprint density at radius 2 is 0.445 bits per heavy atom. The van der Waals surface area contributed by atoms with Crippen molar-refractivity contribution in [3.8, 4) is 58.1 Å². The summed E-state index contributed by atoms with van der Waals surface area (Å²) in [5.41, 5.74) is 12.3. The molecule has 674 valence electrons. The second kappa shape index (κ2) is 173. The number of rotatable bonds is 16. The van der Waals surface area contributed by atoms with E-state index in [2.05, 4.69) is 62.0 Å². The Morgan fingerprint density at radius 3 is 0.564 bits per heavy atom. The Balaban J connectivity index is -0.0000000194. The van der Waals surface area contributed by atoms with Crippen LogP contribution in [0.2, 0.25) is 0 Å². The molecule has 0 aliphatic heterocycles. The van der Waals surface area contributed by atoms with Crippen LogP contribution in [-0.2, 0) is 65.7 Å². The number of nitrogens with zero attached hydrogens (tertiary/aromatic N) is 10. The van der Waals surface area contributed by atoms with Crippen molar-refractivity contribution in [2.45, 2.75) is 13.8 Å². The van der Waals surface area contributed by atoms with E-state index in [0.717, 1.165) is 42.7 Å². The molecule has 0 aliphatic carbocycles. The SMILES string of the molecule is CC#N.CC#N.CO.CO.CO.CO.CO.CO.COc1cccc(/C=N/Nc2cc(N/N=C/c3cccc(OC)c3[O-])ncn2)c1[O-].COc1cccc(/C=N/Nc2cc(N/N=C/c3cccc(OC)c3[O-])ncn2)c1[O-].[Br-].[Br-].[Br-].[Br-].[Br-].[Br-].[Br-].[Br-].[Dy+3].[Dy+3].[Dy+3].[Dy+3].[Dy+3].[Dy+3].[OH-].[OH-].[OH-].[OH-].[OH-].[OH-].[OH3+].[OH3+].[OH3+].[OH3+].[OH3+].[OH3+].[OH3+].[OH3+].[OH3+].[OH3+].[OH3+].[OH3+]. The molecule has 110 heavy (non-hydrogen) atoms. The van der Waals surface area contributed by atoms with Crippen molar-refractivity contribution < 1.29 is 533 Å². The maximum atomic E-state index is 12.1. The van der Waals surface area contributed by atoms with Gasteiger partial charge in [-0.3, -0.25) is 21.7 Å². The predicted molar refractivity (Wildman–Crippen MR) is 360 cm³/mol. The number of ether oxygens (including phenoxy) is 4. The molecule has 46 nitrogen and oxygen atoms in total. The van der Waals surface area contributed by atoms with Crippen LogP contribution >= 0.6 is 0 Å². The summed E-state index contributed by atoms with van der Waals surface area (Å²) in [6, 6.07) is 26.2. The smallest absolute Gasteiger partial charge is 1.00 e. The summed E-state index contributed by atoms with van der Waals surface area (Å²) in [6.07, 6.45) is 8.11. The number of para-hydroxylation sites is 4. The molecule has 6 aromatic rings. The molecule has 52 N–H and O–H groups in total. The Morgan fingerprint density at radius 1 is 0.318 bits per heavy atom. The molecular formula is C50H108Br8Dy6N14O32+12. The largest absolute Gasteiger partial charge is 3.00 e. The fraction of sp³-hybridized carbons (Fsp3) is 0.240. The van der Waals surface area contributed by atoms with E-state index in [9.17, 15) is 20.4 Å². The number of anilines is 4. The Bertz CT molecular complexity index is 2470. The molecular weight excluding hydrogens is 2920 g/mol. The quantitative estimate of drug-likeness (QED) is 0.0244. The summed E-state index contributed by atoms with van der Waals surface area (Å²) in [6.45, 7) is 2.86.